The molecule has 0 saturated heterocycles. The van der Waals surface area contributed by atoms with E-state index in [0.717, 1.165) is 40.1 Å². The summed E-state index contributed by atoms with van der Waals surface area (Å²) in [7, 11) is 0. The molecule has 0 fully saturated rings. The van der Waals surface area contributed by atoms with Gasteiger partial charge in [0.15, 0.2) is 0 Å². The monoisotopic (exact) mass is 494 g/mol. The number of aliphatic carboxylic acids is 1. The molecule has 2 aromatic carbocycles. The van der Waals surface area contributed by atoms with Gasteiger partial charge < -0.3 is 10.4 Å². The Morgan fingerprint density at radius 1 is 0.946 bits per heavy atom. The highest BCUT2D eigenvalue weighted by Crippen LogP contribution is 2.28. The van der Waals surface area contributed by atoms with Crippen LogP contribution in [0.25, 0.3) is 28.0 Å². The molecule has 0 aliphatic rings. The minimum atomic E-state index is -0.943. The average molecular weight is 495 g/mol. The molecule has 0 spiro atoms. The van der Waals surface area contributed by atoms with Crippen LogP contribution < -0.4 is 5.32 Å². The van der Waals surface area contributed by atoms with Crippen molar-refractivity contribution < 1.29 is 14.7 Å². The van der Waals surface area contributed by atoms with E-state index >= 15 is 0 Å². The molecule has 0 saturated carbocycles. The van der Waals surface area contributed by atoms with Crippen molar-refractivity contribution in [1.82, 2.24) is 20.1 Å². The summed E-state index contributed by atoms with van der Waals surface area (Å²) < 4.78 is 2.00. The normalized spacial score (nSPS) is 11.4. The van der Waals surface area contributed by atoms with Crippen LogP contribution >= 0.6 is 0 Å². The van der Waals surface area contributed by atoms with E-state index in [1.54, 1.807) is 24.5 Å². The zero-order valence-corrected chi connectivity index (χ0v) is 21.0. The van der Waals surface area contributed by atoms with E-state index in [-0.39, 0.29) is 18.9 Å². The fourth-order valence-corrected chi connectivity index (χ4v) is 4.16. The van der Waals surface area contributed by atoms with E-state index in [4.69, 9.17) is 10.2 Å². The molecule has 4 aromatic rings. The third-order valence-electron chi connectivity index (χ3n) is 6.21. The molecule has 2 N–H and O–H groups in total. The Morgan fingerprint density at radius 3 is 2.22 bits per heavy atom. The smallest absolute Gasteiger partial charge is 0.305 e. The number of carboxylic acids is 1. The average Bonchev–Trinajstić information content (AvgIpc) is 3.33. The van der Waals surface area contributed by atoms with Crippen LogP contribution in [0.5, 0.6) is 0 Å². The summed E-state index contributed by atoms with van der Waals surface area (Å²) in [6, 6.07) is 21.9. The number of hydrogen-bond acceptors (Lipinski definition) is 4. The van der Waals surface area contributed by atoms with Crippen LogP contribution in [0.2, 0.25) is 0 Å². The molecule has 1 amide bonds. The number of carbonyl (C=O) groups excluding carboxylic acids is 1. The van der Waals surface area contributed by atoms with E-state index in [9.17, 15) is 9.59 Å². The molecule has 37 heavy (non-hydrogen) atoms. The molecular weight excluding hydrogens is 464 g/mol. The first-order valence-corrected chi connectivity index (χ1v) is 12.3. The number of rotatable bonds is 10. The lowest BCUT2D eigenvalue weighted by Crippen LogP contribution is -2.25. The third kappa shape index (κ3) is 6.38. The molecule has 0 unspecified atom stereocenters. The Labute approximate surface area is 216 Å². The van der Waals surface area contributed by atoms with Crippen molar-refractivity contribution in [2.45, 2.75) is 33.2 Å². The lowest BCUT2D eigenvalue weighted by Gasteiger charge is -2.10. The van der Waals surface area contributed by atoms with Crippen molar-refractivity contribution in [3.8, 4) is 22.4 Å². The molecule has 4 rings (SSSR count). The van der Waals surface area contributed by atoms with E-state index in [2.05, 4.69) is 53.6 Å². The number of aromatic nitrogens is 3. The largest absolute Gasteiger partial charge is 0.481 e. The van der Waals surface area contributed by atoms with E-state index in [1.165, 1.54) is 5.57 Å². The maximum absolute atomic E-state index is 12.3. The Morgan fingerprint density at radius 2 is 1.59 bits per heavy atom. The van der Waals surface area contributed by atoms with Gasteiger partial charge in [0.25, 0.3) is 5.91 Å². The van der Waals surface area contributed by atoms with Crippen molar-refractivity contribution in [3.05, 3.63) is 102 Å². The van der Waals surface area contributed by atoms with Gasteiger partial charge in [-0.3, -0.25) is 19.3 Å². The summed E-state index contributed by atoms with van der Waals surface area (Å²) in [4.78, 5) is 27.0. The standard InChI is InChI=1S/C30H30N4O3/c1-3-22(4-2)27-19-28(25-11-9-23(10-12-25)24-13-16-31-17-14-24)34(33-27)20-21-5-7-26(8-6-21)30(37)32-18-15-29(35)36/h3,5-14,16-17,19H,4,15,18,20H2,1-2H3,(H,32,37)(H,35,36)/b22-3+. The molecule has 0 bridgehead atoms. The van der Waals surface area contributed by atoms with Gasteiger partial charge in [-0.1, -0.05) is 49.4 Å². The zero-order valence-electron chi connectivity index (χ0n) is 21.0. The Bertz CT molecular complexity index is 1390. The molecular formula is C30H30N4O3. The van der Waals surface area contributed by atoms with Crippen molar-refractivity contribution in [2.75, 3.05) is 6.54 Å². The van der Waals surface area contributed by atoms with Gasteiger partial charge in [0.2, 0.25) is 0 Å². The molecule has 188 valence electrons. The Balaban J connectivity index is 1.58. The van der Waals surface area contributed by atoms with Crippen LogP contribution in [0.15, 0.2) is 85.2 Å². The number of benzene rings is 2. The highest BCUT2D eigenvalue weighted by atomic mass is 16.4. The zero-order chi connectivity index (χ0) is 26.2. The SMILES string of the molecule is C/C=C(\CC)c1cc(-c2ccc(-c3ccncc3)cc2)n(Cc2ccc(C(=O)NCCC(=O)O)cc2)n1. The molecule has 2 aromatic heterocycles. The van der Waals surface area contributed by atoms with Crippen molar-refractivity contribution >= 4 is 17.4 Å². The molecule has 0 radical (unpaired) electrons. The van der Waals surface area contributed by atoms with E-state index in [1.807, 2.05) is 35.9 Å². The number of amides is 1. The van der Waals surface area contributed by atoms with Crippen LogP contribution in [-0.2, 0) is 11.3 Å². The second kappa shape index (κ2) is 11.9. The highest BCUT2D eigenvalue weighted by molar-refractivity contribution is 5.94. The maximum atomic E-state index is 12.3. The van der Waals surface area contributed by atoms with Gasteiger partial charge >= 0.3 is 5.97 Å². The van der Waals surface area contributed by atoms with E-state index in [0.29, 0.717) is 12.1 Å². The quantitative estimate of drug-likeness (QED) is 0.296. The number of nitrogens with zero attached hydrogens (tertiary/aromatic N) is 3. The van der Waals surface area contributed by atoms with Gasteiger partial charge in [-0.25, -0.2) is 0 Å². The second-order valence-corrected chi connectivity index (χ2v) is 8.65. The van der Waals surface area contributed by atoms with Crippen molar-refractivity contribution in [3.63, 3.8) is 0 Å². The third-order valence-corrected chi connectivity index (χ3v) is 6.21. The topological polar surface area (TPSA) is 97.1 Å². The van der Waals surface area contributed by atoms with Crippen molar-refractivity contribution in [2.24, 2.45) is 0 Å². The summed E-state index contributed by atoms with van der Waals surface area (Å²) in [6.07, 6.45) is 6.46. The van der Waals surface area contributed by atoms with Gasteiger partial charge in [-0.05, 0) is 71.5 Å². The van der Waals surface area contributed by atoms with Gasteiger partial charge in [-0.2, -0.15) is 5.10 Å². The number of nitrogens with one attached hydrogen (secondary N) is 1. The second-order valence-electron chi connectivity index (χ2n) is 8.65. The molecule has 7 heteroatoms. The summed E-state index contributed by atoms with van der Waals surface area (Å²) in [6.45, 7) is 4.79. The predicted molar refractivity (Wildman–Crippen MR) is 145 cm³/mol. The first-order chi connectivity index (χ1) is 18.0. The fraction of sp³-hybridized carbons (Fsp3) is 0.200. The van der Waals surface area contributed by atoms with Crippen LogP contribution in [0.3, 0.4) is 0 Å². The summed E-state index contributed by atoms with van der Waals surface area (Å²) >= 11 is 0. The number of hydrogen-bond donors (Lipinski definition) is 2. The number of allylic oxidation sites excluding steroid dienone is 2. The molecule has 0 atom stereocenters. The Kier molecular flexibility index (Phi) is 8.26. The van der Waals surface area contributed by atoms with Crippen LogP contribution in [0, 0.1) is 0 Å². The van der Waals surface area contributed by atoms with Gasteiger partial charge in [0.05, 0.1) is 24.4 Å². The van der Waals surface area contributed by atoms with Crippen LogP contribution in [0.4, 0.5) is 0 Å². The Hall–Kier alpha value is -4.52. The van der Waals surface area contributed by atoms with Gasteiger partial charge in [0.1, 0.15) is 0 Å². The minimum Gasteiger partial charge on any atom is -0.481 e. The molecule has 2 heterocycles. The number of carbonyl (C=O) groups is 2. The number of carboxylic acid groups (broad SMARTS) is 1. The predicted octanol–water partition coefficient (Wildman–Crippen LogP) is 5.68. The lowest BCUT2D eigenvalue weighted by atomic mass is 10.0. The van der Waals surface area contributed by atoms with Gasteiger partial charge in [-0.15, -0.1) is 0 Å². The van der Waals surface area contributed by atoms with Crippen molar-refractivity contribution in [1.29, 1.82) is 0 Å². The first kappa shape index (κ1) is 25.6. The first-order valence-electron chi connectivity index (χ1n) is 12.3. The molecule has 7 nitrogen and oxygen atoms in total. The van der Waals surface area contributed by atoms with Crippen LogP contribution in [0.1, 0.15) is 48.3 Å². The minimum absolute atomic E-state index is 0.0972. The lowest BCUT2D eigenvalue weighted by molar-refractivity contribution is -0.136. The fourth-order valence-electron chi connectivity index (χ4n) is 4.16. The molecule has 0 aliphatic heterocycles. The number of pyridine rings is 1. The maximum Gasteiger partial charge on any atom is 0.305 e. The summed E-state index contributed by atoms with van der Waals surface area (Å²) in [5.74, 6) is -1.23. The van der Waals surface area contributed by atoms with Crippen LogP contribution in [-0.4, -0.2) is 38.3 Å². The van der Waals surface area contributed by atoms with Gasteiger partial charge in [0, 0.05) is 24.5 Å². The summed E-state index contributed by atoms with van der Waals surface area (Å²) in [5, 5.41) is 16.3. The highest BCUT2D eigenvalue weighted by Gasteiger charge is 2.14. The molecule has 0 aliphatic carbocycles. The summed E-state index contributed by atoms with van der Waals surface area (Å²) in [5.41, 5.74) is 7.95. The van der Waals surface area contributed by atoms with E-state index < -0.39 is 5.97 Å².